The van der Waals surface area contributed by atoms with Crippen molar-refractivity contribution in [1.82, 2.24) is 19.8 Å². The molecule has 0 bridgehead atoms. The zero-order valence-electron chi connectivity index (χ0n) is 17.4. The van der Waals surface area contributed by atoms with Crippen molar-refractivity contribution in [3.8, 4) is 0 Å². The van der Waals surface area contributed by atoms with Crippen LogP contribution in [0.25, 0.3) is 5.57 Å². The molecule has 1 atom stereocenters. The van der Waals surface area contributed by atoms with E-state index >= 15 is 0 Å². The number of aromatic nitrogens is 3. The number of hydrogen-bond donors (Lipinski definition) is 3. The van der Waals surface area contributed by atoms with Gasteiger partial charge in [0.05, 0.1) is 11.4 Å². The van der Waals surface area contributed by atoms with Crippen LogP contribution in [0.2, 0.25) is 0 Å². The third-order valence-corrected chi connectivity index (χ3v) is 5.46. The summed E-state index contributed by atoms with van der Waals surface area (Å²) in [7, 11) is -2.70. The highest BCUT2D eigenvalue weighted by Crippen LogP contribution is 2.36. The minimum absolute atomic E-state index is 0.356. The Morgan fingerprint density at radius 1 is 1.16 bits per heavy atom. The molecule has 3 heterocycles. The average molecular weight is 457 g/mol. The fourth-order valence-corrected chi connectivity index (χ4v) is 3.69. The summed E-state index contributed by atoms with van der Waals surface area (Å²) in [6.45, 7) is -0.356. The van der Waals surface area contributed by atoms with Crippen LogP contribution in [-0.2, 0) is 29.0 Å². The molecule has 11 heteroatoms. The molecule has 0 aliphatic carbocycles. The summed E-state index contributed by atoms with van der Waals surface area (Å²) in [5, 5.41) is 8.54. The molecule has 4 N–H and O–H groups in total. The van der Waals surface area contributed by atoms with Crippen molar-refractivity contribution in [2.24, 2.45) is 12.8 Å². The molecular weight excluding hydrogens is 433 g/mol. The number of allylic oxidation sites excluding steroid dienone is 2. The van der Waals surface area contributed by atoms with Gasteiger partial charge in [-0.1, -0.05) is 35.5 Å². The van der Waals surface area contributed by atoms with Crippen LogP contribution in [0.3, 0.4) is 0 Å². The van der Waals surface area contributed by atoms with Gasteiger partial charge in [-0.3, -0.25) is 9.21 Å². The van der Waals surface area contributed by atoms with Gasteiger partial charge < -0.3 is 24.9 Å². The van der Waals surface area contributed by atoms with Gasteiger partial charge in [-0.05, 0) is 23.3 Å². The minimum Gasteiger partial charge on any atom is -0.356 e. The third-order valence-electron chi connectivity index (χ3n) is 5.01. The molecule has 0 saturated heterocycles. The maximum Gasteiger partial charge on any atom is 0.471 e. The summed E-state index contributed by atoms with van der Waals surface area (Å²) in [5.74, 6) is 0.491. The number of aryl methyl sites for hydroxylation is 1. The summed E-state index contributed by atoms with van der Waals surface area (Å²) in [6.07, 6.45) is 7.67. The Kier molecular flexibility index (Phi) is 6.40. The van der Waals surface area contributed by atoms with E-state index in [0.717, 1.165) is 23.4 Å². The summed E-state index contributed by atoms with van der Waals surface area (Å²) in [6, 6.07) is 12.1. The minimum atomic E-state index is -4.60. The van der Waals surface area contributed by atoms with Gasteiger partial charge in [-0.15, -0.1) is 0 Å². The van der Waals surface area contributed by atoms with Crippen LogP contribution in [0.15, 0.2) is 65.5 Å². The first kappa shape index (κ1) is 22.2. The van der Waals surface area contributed by atoms with Gasteiger partial charge in [0.25, 0.3) is 0 Å². The second-order valence-electron chi connectivity index (χ2n) is 7.50. The highest BCUT2D eigenvalue weighted by Gasteiger charge is 2.25. The Balaban J connectivity index is 1.39. The van der Waals surface area contributed by atoms with E-state index in [1.165, 1.54) is 10.5 Å². The van der Waals surface area contributed by atoms with Crippen molar-refractivity contribution in [2.45, 2.75) is 19.0 Å². The maximum atomic E-state index is 11.0. The van der Waals surface area contributed by atoms with Crippen molar-refractivity contribution >= 4 is 13.4 Å². The molecule has 0 spiro atoms. The lowest BCUT2D eigenvalue weighted by atomic mass is 10.0. The molecule has 4 rings (SSSR count). The van der Waals surface area contributed by atoms with E-state index in [-0.39, 0.29) is 6.73 Å². The van der Waals surface area contributed by atoms with Crippen molar-refractivity contribution in [3.05, 3.63) is 89.2 Å². The second kappa shape index (κ2) is 9.23. The standard InChI is InChI=1S/C21H24N5O5P/c1-25-10-8-17(23-25)11-15-4-6-16(7-5-15)12-18-13-20(31-24-18)19-3-2-9-26(21(19)22)14-30-32(27,28)29/h2-10,13,21H,11-12,14,22H2,1H3,(H2,27,28,29). The van der Waals surface area contributed by atoms with Crippen LogP contribution in [0.1, 0.15) is 28.3 Å². The van der Waals surface area contributed by atoms with Crippen LogP contribution in [0.4, 0.5) is 0 Å². The zero-order valence-corrected chi connectivity index (χ0v) is 18.3. The fraction of sp³-hybridized carbons (Fsp3) is 0.238. The van der Waals surface area contributed by atoms with E-state index in [0.29, 0.717) is 17.8 Å². The first-order valence-corrected chi connectivity index (χ1v) is 11.4. The number of nitrogens with zero attached hydrogens (tertiary/aromatic N) is 4. The van der Waals surface area contributed by atoms with Crippen molar-refractivity contribution in [3.63, 3.8) is 0 Å². The lowest BCUT2D eigenvalue weighted by molar-refractivity contribution is 0.110. The quantitative estimate of drug-likeness (QED) is 0.434. The molecule has 1 aliphatic heterocycles. The van der Waals surface area contributed by atoms with Gasteiger partial charge >= 0.3 is 7.82 Å². The van der Waals surface area contributed by atoms with Crippen LogP contribution in [-0.4, -0.2) is 42.5 Å². The van der Waals surface area contributed by atoms with Gasteiger partial charge in [0.15, 0.2) is 5.76 Å². The smallest absolute Gasteiger partial charge is 0.356 e. The zero-order chi connectivity index (χ0) is 22.7. The molecule has 168 valence electrons. The monoisotopic (exact) mass is 457 g/mol. The van der Waals surface area contributed by atoms with Crippen LogP contribution in [0, 0.1) is 0 Å². The Hall–Kier alpha value is -3.01. The third kappa shape index (κ3) is 5.61. The number of phosphoric ester groups is 1. The molecule has 32 heavy (non-hydrogen) atoms. The van der Waals surface area contributed by atoms with Crippen LogP contribution in [0.5, 0.6) is 0 Å². The van der Waals surface area contributed by atoms with Gasteiger partial charge in [0, 0.05) is 43.9 Å². The lowest BCUT2D eigenvalue weighted by Crippen LogP contribution is -2.41. The van der Waals surface area contributed by atoms with Gasteiger partial charge in [-0.2, -0.15) is 5.10 Å². The van der Waals surface area contributed by atoms with Crippen molar-refractivity contribution in [1.29, 1.82) is 0 Å². The van der Waals surface area contributed by atoms with Crippen LogP contribution < -0.4 is 5.73 Å². The van der Waals surface area contributed by atoms with Crippen molar-refractivity contribution in [2.75, 3.05) is 6.73 Å². The summed E-state index contributed by atoms with van der Waals surface area (Å²) in [5.41, 5.74) is 10.9. The topological polar surface area (TPSA) is 140 Å². The average Bonchev–Trinajstić information content (AvgIpc) is 3.37. The van der Waals surface area contributed by atoms with E-state index in [4.69, 9.17) is 20.0 Å². The molecule has 0 amide bonds. The number of rotatable bonds is 8. The van der Waals surface area contributed by atoms with Crippen LogP contribution >= 0.6 is 7.82 Å². The fourth-order valence-electron chi connectivity index (χ4n) is 3.40. The molecule has 0 radical (unpaired) electrons. The summed E-state index contributed by atoms with van der Waals surface area (Å²) in [4.78, 5) is 19.3. The lowest BCUT2D eigenvalue weighted by Gasteiger charge is -2.30. The molecule has 3 aromatic rings. The largest absolute Gasteiger partial charge is 0.471 e. The van der Waals surface area contributed by atoms with Gasteiger partial charge in [0.1, 0.15) is 12.9 Å². The van der Waals surface area contributed by atoms with E-state index in [1.54, 1.807) is 23.0 Å². The molecule has 0 saturated carbocycles. The predicted molar refractivity (Wildman–Crippen MR) is 117 cm³/mol. The maximum absolute atomic E-state index is 11.0. The first-order chi connectivity index (χ1) is 15.3. The highest BCUT2D eigenvalue weighted by molar-refractivity contribution is 7.46. The van der Waals surface area contributed by atoms with E-state index in [9.17, 15) is 4.57 Å². The molecule has 0 fully saturated rings. The summed E-state index contributed by atoms with van der Waals surface area (Å²) < 4.78 is 22.8. The van der Waals surface area contributed by atoms with E-state index < -0.39 is 14.0 Å². The Morgan fingerprint density at radius 3 is 2.47 bits per heavy atom. The normalized spacial score (nSPS) is 16.4. The molecule has 1 unspecified atom stereocenters. The molecule has 1 aromatic carbocycles. The second-order valence-corrected chi connectivity index (χ2v) is 8.74. The summed E-state index contributed by atoms with van der Waals surface area (Å²) >= 11 is 0. The van der Waals surface area contributed by atoms with Gasteiger partial charge in [-0.25, -0.2) is 4.57 Å². The number of benzene rings is 1. The van der Waals surface area contributed by atoms with Gasteiger partial charge in [0.2, 0.25) is 0 Å². The van der Waals surface area contributed by atoms with E-state index in [2.05, 4.69) is 39.0 Å². The predicted octanol–water partition coefficient (Wildman–Crippen LogP) is 2.15. The highest BCUT2D eigenvalue weighted by atomic mass is 31.2. The SMILES string of the molecule is Cn1ccc(Cc2ccc(Cc3cc(C4=CC=CN(COP(=O)(O)O)C4N)on3)cc2)n1. The Bertz CT molecular complexity index is 1180. The number of hydrogen-bond acceptors (Lipinski definition) is 7. The van der Waals surface area contributed by atoms with Crippen molar-refractivity contribution < 1.29 is 23.4 Å². The molecule has 2 aromatic heterocycles. The molecule has 1 aliphatic rings. The number of nitrogens with two attached hydrogens (primary N) is 1. The first-order valence-electron chi connectivity index (χ1n) is 9.89. The Labute approximate surface area is 184 Å². The Morgan fingerprint density at radius 2 is 1.84 bits per heavy atom. The number of phosphoric acid groups is 1. The molecular formula is C21H24N5O5P. The molecule has 10 nitrogen and oxygen atoms in total. The van der Waals surface area contributed by atoms with E-state index in [1.807, 2.05) is 25.4 Å².